The topological polar surface area (TPSA) is 79.9 Å². The highest BCUT2D eigenvalue weighted by molar-refractivity contribution is 5.95. The average Bonchev–Trinajstić information content (AvgIpc) is 2.78. The molecule has 0 spiro atoms. The van der Waals surface area contributed by atoms with E-state index in [9.17, 15) is 14.0 Å². The van der Waals surface area contributed by atoms with Crippen molar-refractivity contribution in [2.45, 2.75) is 25.9 Å². The number of hydrogen-bond donors (Lipinski definition) is 2. The molecule has 2 N–H and O–H groups in total. The summed E-state index contributed by atoms with van der Waals surface area (Å²) in [4.78, 5) is 27.4. The fourth-order valence-corrected chi connectivity index (χ4v) is 3.62. The Balaban J connectivity index is 1.95. The number of rotatable bonds is 8. The molecule has 32 heavy (non-hydrogen) atoms. The van der Waals surface area contributed by atoms with Crippen LogP contribution in [0, 0.1) is 5.82 Å². The molecule has 8 heteroatoms. The number of carbonyl (C=O) groups is 2. The molecule has 0 aromatic heterocycles. The second-order valence-electron chi connectivity index (χ2n) is 7.56. The van der Waals surface area contributed by atoms with Crippen molar-refractivity contribution in [3.05, 3.63) is 76.7 Å². The van der Waals surface area contributed by atoms with E-state index in [1.54, 1.807) is 50.4 Å². The van der Waals surface area contributed by atoms with E-state index in [2.05, 4.69) is 10.6 Å². The summed E-state index contributed by atoms with van der Waals surface area (Å²) in [5.74, 6) is -0.133. The minimum Gasteiger partial charge on any atom is -0.497 e. The van der Waals surface area contributed by atoms with Crippen LogP contribution in [0.15, 0.2) is 59.8 Å². The van der Waals surface area contributed by atoms with Crippen molar-refractivity contribution >= 4 is 12.0 Å². The zero-order valence-corrected chi connectivity index (χ0v) is 18.6. The number of ether oxygens (including phenoxy) is 2. The maximum absolute atomic E-state index is 13.3. The number of likely N-dealkylation sites (N-methyl/N-ethyl adjacent to an activating group) is 1. The minimum atomic E-state index is -0.668. The van der Waals surface area contributed by atoms with E-state index in [4.69, 9.17) is 9.47 Å². The van der Waals surface area contributed by atoms with Gasteiger partial charge in [-0.25, -0.2) is 14.0 Å². The van der Waals surface area contributed by atoms with Crippen molar-refractivity contribution in [1.82, 2.24) is 15.5 Å². The lowest BCUT2D eigenvalue weighted by molar-refractivity contribution is -0.139. The molecule has 170 valence electrons. The number of halogens is 1. The molecule has 2 atom stereocenters. The lowest BCUT2D eigenvalue weighted by Gasteiger charge is -2.33. The van der Waals surface area contributed by atoms with Gasteiger partial charge in [0, 0.05) is 18.3 Å². The first kappa shape index (κ1) is 23.3. The Hall–Kier alpha value is -3.39. The van der Waals surface area contributed by atoms with Crippen LogP contribution >= 0.6 is 0 Å². The molecule has 2 aromatic rings. The average molecular weight is 442 g/mol. The molecule has 7 nitrogen and oxygen atoms in total. The van der Waals surface area contributed by atoms with Gasteiger partial charge in [0.25, 0.3) is 0 Å². The second-order valence-corrected chi connectivity index (χ2v) is 7.56. The summed E-state index contributed by atoms with van der Waals surface area (Å²) < 4.78 is 23.8. The molecule has 1 aliphatic rings. The highest BCUT2D eigenvalue weighted by Gasteiger charge is 2.34. The fourth-order valence-electron chi connectivity index (χ4n) is 3.62. The van der Waals surface area contributed by atoms with Crippen LogP contribution in [0.5, 0.6) is 5.75 Å². The van der Waals surface area contributed by atoms with Gasteiger partial charge in [-0.1, -0.05) is 24.3 Å². The molecule has 1 aliphatic heterocycles. The van der Waals surface area contributed by atoms with E-state index in [0.717, 1.165) is 11.1 Å². The van der Waals surface area contributed by atoms with Crippen molar-refractivity contribution in [1.29, 1.82) is 0 Å². The van der Waals surface area contributed by atoms with Crippen LogP contribution in [0.2, 0.25) is 0 Å². The van der Waals surface area contributed by atoms with Crippen molar-refractivity contribution in [2.24, 2.45) is 0 Å². The molecule has 3 rings (SSSR count). The van der Waals surface area contributed by atoms with Crippen LogP contribution < -0.4 is 15.4 Å². The predicted molar refractivity (Wildman–Crippen MR) is 119 cm³/mol. The van der Waals surface area contributed by atoms with Gasteiger partial charge in [0.1, 0.15) is 11.6 Å². The number of nitrogens with one attached hydrogen (secondary N) is 2. The van der Waals surface area contributed by atoms with Crippen LogP contribution in [0.4, 0.5) is 9.18 Å². The summed E-state index contributed by atoms with van der Waals surface area (Å²) in [5, 5.41) is 5.60. The highest BCUT2D eigenvalue weighted by atomic mass is 19.1. The first-order chi connectivity index (χ1) is 15.3. The number of methoxy groups -OCH3 is 1. The molecule has 0 saturated carbocycles. The van der Waals surface area contributed by atoms with Gasteiger partial charge >= 0.3 is 12.0 Å². The number of hydrogen-bond acceptors (Lipinski definition) is 5. The first-order valence-electron chi connectivity index (χ1n) is 10.4. The zero-order valence-electron chi connectivity index (χ0n) is 18.6. The van der Waals surface area contributed by atoms with Crippen LogP contribution in [-0.2, 0) is 9.53 Å². The van der Waals surface area contributed by atoms with Gasteiger partial charge in [-0.15, -0.1) is 0 Å². The number of benzene rings is 2. The number of esters is 1. The number of carbonyl (C=O) groups excluding carboxylic acids is 2. The van der Waals surface area contributed by atoms with Gasteiger partial charge in [0.15, 0.2) is 0 Å². The Morgan fingerprint density at radius 3 is 2.41 bits per heavy atom. The van der Waals surface area contributed by atoms with Gasteiger partial charge in [-0.05, 0) is 56.3 Å². The van der Waals surface area contributed by atoms with E-state index in [-0.39, 0.29) is 25.0 Å². The van der Waals surface area contributed by atoms with E-state index in [0.29, 0.717) is 17.0 Å². The molecule has 0 aliphatic carbocycles. The van der Waals surface area contributed by atoms with E-state index in [1.807, 2.05) is 18.9 Å². The maximum Gasteiger partial charge on any atom is 0.338 e. The largest absolute Gasteiger partial charge is 0.497 e. The fraction of sp³-hybridized carbons (Fsp3) is 0.333. The molecule has 2 amide bonds. The molecule has 1 heterocycles. The lowest BCUT2D eigenvalue weighted by atomic mass is 9.94. The summed E-state index contributed by atoms with van der Waals surface area (Å²) in [6, 6.07) is 12.3. The highest BCUT2D eigenvalue weighted by Crippen LogP contribution is 2.30. The monoisotopic (exact) mass is 441 g/mol. The Labute approximate surface area is 187 Å². The maximum atomic E-state index is 13.3. The summed E-state index contributed by atoms with van der Waals surface area (Å²) in [6.07, 6.45) is 0. The first-order valence-corrected chi connectivity index (χ1v) is 10.4. The van der Waals surface area contributed by atoms with Crippen molar-refractivity contribution in [3.8, 4) is 5.75 Å². The third kappa shape index (κ3) is 5.26. The number of urea groups is 1. The van der Waals surface area contributed by atoms with E-state index < -0.39 is 18.0 Å². The molecular weight excluding hydrogens is 413 g/mol. The Morgan fingerprint density at radius 1 is 1.16 bits per heavy atom. The van der Waals surface area contributed by atoms with Crippen molar-refractivity contribution in [2.75, 3.05) is 27.3 Å². The van der Waals surface area contributed by atoms with Crippen LogP contribution in [0.1, 0.15) is 37.1 Å². The smallest absolute Gasteiger partial charge is 0.338 e. The van der Waals surface area contributed by atoms with E-state index >= 15 is 0 Å². The van der Waals surface area contributed by atoms with Gasteiger partial charge in [-0.2, -0.15) is 0 Å². The lowest BCUT2D eigenvalue weighted by Crippen LogP contribution is -2.48. The molecule has 0 bridgehead atoms. The Morgan fingerprint density at radius 2 is 1.81 bits per heavy atom. The standard InChI is InChI=1S/C24H28FN3O4/c1-5-32-23(29)21-20(14-28(3)15(2)16-6-10-18(25)11-7-16)26-24(30)27-22(21)17-8-12-19(31-4)13-9-17/h6-13,15,22H,5,14H2,1-4H3,(H2,26,27,30). The Bertz CT molecular complexity index is 989. The summed E-state index contributed by atoms with van der Waals surface area (Å²) in [6.45, 7) is 4.20. The molecule has 0 radical (unpaired) electrons. The summed E-state index contributed by atoms with van der Waals surface area (Å²) in [7, 11) is 3.45. The van der Waals surface area contributed by atoms with Crippen LogP contribution in [-0.4, -0.2) is 44.2 Å². The summed E-state index contributed by atoms with van der Waals surface area (Å²) in [5.41, 5.74) is 2.45. The molecule has 2 aromatic carbocycles. The quantitative estimate of drug-likeness (QED) is 0.611. The predicted octanol–water partition coefficient (Wildman–Crippen LogP) is 3.70. The van der Waals surface area contributed by atoms with Gasteiger partial charge in [0.2, 0.25) is 0 Å². The van der Waals surface area contributed by atoms with Gasteiger partial charge in [0.05, 0.1) is 25.3 Å². The SMILES string of the molecule is CCOC(=O)C1=C(CN(C)C(C)c2ccc(F)cc2)NC(=O)NC1c1ccc(OC)cc1. The summed E-state index contributed by atoms with van der Waals surface area (Å²) >= 11 is 0. The third-order valence-electron chi connectivity index (χ3n) is 5.52. The number of nitrogens with zero attached hydrogens (tertiary/aromatic N) is 1. The van der Waals surface area contributed by atoms with Gasteiger partial charge in [-0.3, -0.25) is 4.90 Å². The van der Waals surface area contributed by atoms with Gasteiger partial charge < -0.3 is 20.1 Å². The minimum absolute atomic E-state index is 0.0854. The third-order valence-corrected chi connectivity index (χ3v) is 5.52. The molecule has 0 fully saturated rings. The van der Waals surface area contributed by atoms with Crippen molar-refractivity contribution in [3.63, 3.8) is 0 Å². The van der Waals surface area contributed by atoms with E-state index in [1.165, 1.54) is 12.1 Å². The molecule has 0 saturated heterocycles. The molecule has 2 unspecified atom stereocenters. The van der Waals surface area contributed by atoms with Crippen LogP contribution in [0.25, 0.3) is 0 Å². The Kier molecular flexibility index (Phi) is 7.48. The zero-order chi connectivity index (χ0) is 23.3. The van der Waals surface area contributed by atoms with Crippen LogP contribution in [0.3, 0.4) is 0 Å². The second kappa shape index (κ2) is 10.3. The van der Waals surface area contributed by atoms with Crippen molar-refractivity contribution < 1.29 is 23.5 Å². The number of amides is 2. The molecular formula is C24H28FN3O4. The normalized spacial score (nSPS) is 16.9.